The van der Waals surface area contributed by atoms with Crippen molar-refractivity contribution in [3.05, 3.63) is 86.4 Å². The highest BCUT2D eigenvalue weighted by atomic mass is 79.9. The lowest BCUT2D eigenvalue weighted by Gasteiger charge is -2.35. The maximum atomic E-state index is 14.0. The molecule has 1 heterocycles. The Bertz CT molecular complexity index is 1460. The fourth-order valence-corrected chi connectivity index (χ4v) is 6.41. The number of carbonyl (C=O) groups excluding carboxylic acids is 1. The van der Waals surface area contributed by atoms with Crippen LogP contribution in [-0.2, 0) is 27.8 Å². The van der Waals surface area contributed by atoms with E-state index in [0.717, 1.165) is 15.4 Å². The summed E-state index contributed by atoms with van der Waals surface area (Å²) in [6.07, 6.45) is 0.0865. The van der Waals surface area contributed by atoms with Crippen LogP contribution >= 0.6 is 15.9 Å². The normalized spacial score (nSPS) is 15.5. The Hall–Kier alpha value is -3.48. The lowest BCUT2D eigenvalue weighted by Crippen LogP contribution is -2.50. The van der Waals surface area contributed by atoms with Gasteiger partial charge in [0.25, 0.3) is 5.69 Å². The molecule has 194 valence electrons. The van der Waals surface area contributed by atoms with Gasteiger partial charge in [-0.15, -0.1) is 0 Å². The molecular weight excluding hydrogens is 566 g/mol. The molecule has 0 bridgehead atoms. The summed E-state index contributed by atoms with van der Waals surface area (Å²) in [6.45, 7) is 1.94. The third-order valence-corrected chi connectivity index (χ3v) is 8.33. The van der Waals surface area contributed by atoms with Crippen molar-refractivity contribution in [3.63, 3.8) is 0 Å². The topological polar surface area (TPSA) is 128 Å². The summed E-state index contributed by atoms with van der Waals surface area (Å²) in [6, 6.07) is 14.8. The quantitative estimate of drug-likeness (QED) is 0.302. The van der Waals surface area contributed by atoms with Crippen molar-refractivity contribution in [2.75, 3.05) is 19.0 Å². The third kappa shape index (κ3) is 5.45. The van der Waals surface area contributed by atoms with Gasteiger partial charge in [-0.2, -0.15) is 4.31 Å². The molecule has 1 aliphatic heterocycles. The molecule has 12 heteroatoms. The number of methoxy groups -OCH3 is 1. The highest BCUT2D eigenvalue weighted by Gasteiger charge is 2.41. The zero-order chi connectivity index (χ0) is 26.7. The van der Waals surface area contributed by atoms with Crippen molar-refractivity contribution in [3.8, 4) is 11.5 Å². The number of nitro benzene ring substituents is 1. The van der Waals surface area contributed by atoms with Crippen molar-refractivity contribution in [2.24, 2.45) is 0 Å². The van der Waals surface area contributed by atoms with E-state index in [9.17, 15) is 23.3 Å². The van der Waals surface area contributed by atoms with Gasteiger partial charge in [-0.25, -0.2) is 8.42 Å². The summed E-state index contributed by atoms with van der Waals surface area (Å²) < 4.78 is 40.3. The fraction of sp³-hybridized carbons (Fsp3) is 0.240. The number of amides is 1. The molecule has 1 amide bonds. The van der Waals surface area contributed by atoms with E-state index in [-0.39, 0.29) is 47.3 Å². The number of nitrogens with zero attached hydrogens (tertiary/aromatic N) is 2. The van der Waals surface area contributed by atoms with Gasteiger partial charge in [0.2, 0.25) is 15.9 Å². The lowest BCUT2D eigenvalue weighted by atomic mass is 9.95. The molecule has 1 N–H and O–H groups in total. The predicted molar refractivity (Wildman–Crippen MR) is 140 cm³/mol. The average molecular weight is 590 g/mol. The standard InChI is InChI=1S/C25H24BrN3O7S/c1-3-36-23-11-8-18(26)13-24(23)37(33,34)28-15-17-7-5-4-6-16(17)12-22(28)25(30)27-20-10-9-19(35-2)14-21(20)29(31)32/h4-11,13-14,22H,3,12,15H2,1-2H3,(H,27,30)/t22-/m1/s1. The minimum Gasteiger partial charge on any atom is -0.496 e. The number of anilines is 1. The molecule has 0 aliphatic carbocycles. The minimum absolute atomic E-state index is 0.0562. The monoisotopic (exact) mass is 589 g/mol. The molecule has 0 saturated heterocycles. The zero-order valence-corrected chi connectivity index (χ0v) is 22.4. The molecule has 1 aliphatic rings. The van der Waals surface area contributed by atoms with E-state index in [0.29, 0.717) is 4.47 Å². The summed E-state index contributed by atoms with van der Waals surface area (Å²) in [5.74, 6) is -0.285. The van der Waals surface area contributed by atoms with Crippen molar-refractivity contribution in [2.45, 2.75) is 30.8 Å². The van der Waals surface area contributed by atoms with Crippen LogP contribution in [0.25, 0.3) is 0 Å². The number of benzene rings is 3. The number of sulfonamides is 1. The van der Waals surface area contributed by atoms with Crippen LogP contribution in [0.3, 0.4) is 0 Å². The molecular formula is C25H24BrN3O7S. The molecule has 0 fully saturated rings. The molecule has 37 heavy (non-hydrogen) atoms. The Morgan fingerprint density at radius 2 is 1.89 bits per heavy atom. The van der Waals surface area contributed by atoms with Gasteiger partial charge in [0, 0.05) is 11.0 Å². The SMILES string of the molecule is CCOc1ccc(Br)cc1S(=O)(=O)N1Cc2ccccc2C[C@@H]1C(=O)Nc1ccc(OC)cc1[N+](=O)[O-]. The third-order valence-electron chi connectivity index (χ3n) is 5.96. The lowest BCUT2D eigenvalue weighted by molar-refractivity contribution is -0.384. The van der Waals surface area contributed by atoms with Crippen LogP contribution in [-0.4, -0.2) is 43.3 Å². The summed E-state index contributed by atoms with van der Waals surface area (Å²) in [5.41, 5.74) is 1.14. The molecule has 4 rings (SSSR count). The number of nitro groups is 1. The van der Waals surface area contributed by atoms with Gasteiger partial charge in [0.05, 0.1) is 24.7 Å². The number of fused-ring (bicyclic) bond motifs is 1. The van der Waals surface area contributed by atoms with E-state index < -0.39 is 26.9 Å². The van der Waals surface area contributed by atoms with Gasteiger partial charge < -0.3 is 14.8 Å². The number of hydrogen-bond acceptors (Lipinski definition) is 7. The Morgan fingerprint density at radius 3 is 2.57 bits per heavy atom. The number of carbonyl (C=O) groups is 1. The first-order chi connectivity index (χ1) is 17.6. The number of nitrogens with one attached hydrogen (secondary N) is 1. The molecule has 10 nitrogen and oxygen atoms in total. The van der Waals surface area contributed by atoms with Crippen molar-refractivity contribution in [1.29, 1.82) is 0 Å². The van der Waals surface area contributed by atoms with Crippen molar-refractivity contribution in [1.82, 2.24) is 4.31 Å². The zero-order valence-electron chi connectivity index (χ0n) is 20.0. The first kappa shape index (κ1) is 26.6. The fourth-order valence-electron chi connectivity index (χ4n) is 4.17. The molecule has 0 spiro atoms. The van der Waals surface area contributed by atoms with Crippen LogP contribution in [0, 0.1) is 10.1 Å². The smallest absolute Gasteiger partial charge is 0.296 e. The summed E-state index contributed by atoms with van der Waals surface area (Å²) in [7, 11) is -2.87. The largest absolute Gasteiger partial charge is 0.496 e. The molecule has 3 aromatic carbocycles. The van der Waals surface area contributed by atoms with Crippen molar-refractivity contribution < 1.29 is 27.6 Å². The Kier molecular flexibility index (Phi) is 7.81. The van der Waals surface area contributed by atoms with E-state index in [2.05, 4.69) is 21.2 Å². The van der Waals surface area contributed by atoms with Crippen LogP contribution < -0.4 is 14.8 Å². The van der Waals surface area contributed by atoms with Crippen LogP contribution in [0.1, 0.15) is 18.1 Å². The Balaban J connectivity index is 1.77. The summed E-state index contributed by atoms with van der Waals surface area (Å²) in [5, 5.41) is 14.2. The van der Waals surface area contributed by atoms with E-state index in [4.69, 9.17) is 9.47 Å². The van der Waals surface area contributed by atoms with Crippen LogP contribution in [0.4, 0.5) is 11.4 Å². The second-order valence-corrected chi connectivity index (χ2v) is 11.0. The maximum Gasteiger partial charge on any atom is 0.296 e. The second kappa shape index (κ2) is 10.9. The molecule has 0 aromatic heterocycles. The first-order valence-electron chi connectivity index (χ1n) is 11.3. The highest BCUT2D eigenvalue weighted by Crippen LogP contribution is 2.36. The number of halogens is 1. The van der Waals surface area contributed by atoms with E-state index in [1.54, 1.807) is 25.1 Å². The van der Waals surface area contributed by atoms with Crippen LogP contribution in [0.2, 0.25) is 0 Å². The number of rotatable bonds is 8. The van der Waals surface area contributed by atoms with Crippen molar-refractivity contribution >= 4 is 43.2 Å². The first-order valence-corrected chi connectivity index (χ1v) is 13.5. The predicted octanol–water partition coefficient (Wildman–Crippen LogP) is 4.52. The average Bonchev–Trinajstić information content (AvgIpc) is 2.89. The van der Waals surface area contributed by atoms with Gasteiger partial charge >= 0.3 is 0 Å². The molecule has 0 saturated carbocycles. The van der Waals surface area contributed by atoms with Gasteiger partial charge in [-0.3, -0.25) is 14.9 Å². The van der Waals surface area contributed by atoms with E-state index >= 15 is 0 Å². The molecule has 3 aromatic rings. The second-order valence-electron chi connectivity index (χ2n) is 8.19. The van der Waals surface area contributed by atoms with Gasteiger partial charge in [0.15, 0.2) is 0 Å². The number of hydrogen-bond donors (Lipinski definition) is 1. The minimum atomic E-state index is -4.24. The maximum absolute atomic E-state index is 14.0. The highest BCUT2D eigenvalue weighted by molar-refractivity contribution is 9.10. The molecule has 0 unspecified atom stereocenters. The van der Waals surface area contributed by atoms with Crippen LogP contribution in [0.5, 0.6) is 11.5 Å². The van der Waals surface area contributed by atoms with Gasteiger partial charge in [0.1, 0.15) is 28.1 Å². The molecule has 1 atom stereocenters. The molecule has 0 radical (unpaired) electrons. The Labute approximate surface area is 222 Å². The number of ether oxygens (including phenoxy) is 2. The van der Waals surface area contributed by atoms with E-state index in [1.807, 2.05) is 18.2 Å². The van der Waals surface area contributed by atoms with Crippen LogP contribution in [0.15, 0.2) is 70.0 Å². The summed E-state index contributed by atoms with van der Waals surface area (Å²) in [4.78, 5) is 24.5. The van der Waals surface area contributed by atoms with Gasteiger partial charge in [-0.05, 0) is 54.8 Å². The van der Waals surface area contributed by atoms with E-state index in [1.165, 1.54) is 31.4 Å². The van der Waals surface area contributed by atoms with Gasteiger partial charge in [-0.1, -0.05) is 40.2 Å². The Morgan fingerprint density at radius 1 is 1.16 bits per heavy atom. The summed E-state index contributed by atoms with van der Waals surface area (Å²) >= 11 is 3.32.